The van der Waals surface area contributed by atoms with Gasteiger partial charge in [-0.15, -0.1) is 0 Å². The molecular weight excluding hydrogens is 275 g/mol. The van der Waals surface area contributed by atoms with Gasteiger partial charge in [-0.05, 0) is 0 Å². The molecule has 0 spiro atoms. The van der Waals surface area contributed by atoms with Gasteiger partial charge in [-0.2, -0.15) is 0 Å². The molecule has 0 aromatic rings. The summed E-state index contributed by atoms with van der Waals surface area (Å²) in [6.45, 7) is -0.826. The highest BCUT2D eigenvalue weighted by atomic mass is 31.2. The van der Waals surface area contributed by atoms with Crippen LogP contribution in [-0.2, 0) is 13.8 Å². The van der Waals surface area contributed by atoms with E-state index in [0.717, 1.165) is 0 Å². The number of phosphoric ester groups is 1. The van der Waals surface area contributed by atoms with Gasteiger partial charge in [0.1, 0.15) is 30.5 Å². The first-order valence-electron chi connectivity index (χ1n) is 4.90. The van der Waals surface area contributed by atoms with E-state index >= 15 is 0 Å². The van der Waals surface area contributed by atoms with Crippen LogP contribution in [0.15, 0.2) is 0 Å². The van der Waals surface area contributed by atoms with Crippen molar-refractivity contribution in [3.63, 3.8) is 0 Å². The quantitative estimate of drug-likeness (QED) is 0.254. The number of aliphatic hydroxyl groups excluding tert-OH is 5. The molecule has 0 aliphatic carbocycles. The largest absolute Gasteiger partial charge is 0.472 e. The predicted octanol–water partition coefficient (Wildman–Crippen LogP) is -3.74. The molecule has 0 saturated carbocycles. The zero-order valence-corrected chi connectivity index (χ0v) is 9.87. The molecule has 7 N–H and O–H groups in total. The molecule has 0 aromatic carbocycles. The van der Waals surface area contributed by atoms with Crippen LogP contribution in [0.25, 0.3) is 0 Å². The molecule has 1 saturated heterocycles. The van der Waals surface area contributed by atoms with Crippen LogP contribution < -0.4 is 0 Å². The van der Waals surface area contributed by atoms with Crippen LogP contribution in [0.4, 0.5) is 0 Å². The van der Waals surface area contributed by atoms with Gasteiger partial charge in [0, 0.05) is 0 Å². The van der Waals surface area contributed by atoms with E-state index in [0.29, 0.717) is 0 Å². The highest BCUT2D eigenvalue weighted by molar-refractivity contribution is 7.46. The van der Waals surface area contributed by atoms with Crippen LogP contribution in [0.3, 0.4) is 0 Å². The second kappa shape index (κ2) is 5.88. The summed E-state index contributed by atoms with van der Waals surface area (Å²) in [7, 11) is -5.00. The van der Waals surface area contributed by atoms with E-state index < -0.39 is 51.2 Å². The lowest BCUT2D eigenvalue weighted by atomic mass is 9.96. The Morgan fingerprint density at radius 1 is 1.17 bits per heavy atom. The van der Waals surface area contributed by atoms with Gasteiger partial charge in [-0.1, -0.05) is 0 Å². The first-order valence-corrected chi connectivity index (χ1v) is 6.43. The van der Waals surface area contributed by atoms with Crippen LogP contribution in [-0.4, -0.2) is 78.7 Å². The third-order valence-electron chi connectivity index (χ3n) is 2.41. The van der Waals surface area contributed by atoms with Gasteiger partial charge < -0.3 is 40.1 Å². The van der Waals surface area contributed by atoms with E-state index in [1.54, 1.807) is 0 Å². The van der Waals surface area contributed by atoms with Crippen molar-refractivity contribution < 1.29 is 49.1 Å². The van der Waals surface area contributed by atoms with E-state index in [-0.39, 0.29) is 0 Å². The van der Waals surface area contributed by atoms with E-state index in [4.69, 9.17) is 19.6 Å². The summed E-state index contributed by atoms with van der Waals surface area (Å²) in [5.74, 6) is 0. The molecule has 108 valence electrons. The highest BCUT2D eigenvalue weighted by Crippen LogP contribution is 2.40. The monoisotopic (exact) mass is 290 g/mol. The molecule has 10 nitrogen and oxygen atoms in total. The van der Waals surface area contributed by atoms with Crippen LogP contribution in [0, 0.1) is 0 Å². The molecule has 18 heavy (non-hydrogen) atoms. The van der Waals surface area contributed by atoms with Crippen LogP contribution in [0.1, 0.15) is 0 Å². The van der Waals surface area contributed by atoms with Crippen LogP contribution in [0.2, 0.25) is 0 Å². The summed E-state index contributed by atoms with van der Waals surface area (Å²) in [6.07, 6.45) is -10.7. The van der Waals surface area contributed by atoms with E-state index in [1.165, 1.54) is 0 Å². The third-order valence-corrected chi connectivity index (χ3v) is 2.90. The van der Waals surface area contributed by atoms with Gasteiger partial charge in [-0.25, -0.2) is 4.57 Å². The van der Waals surface area contributed by atoms with Crippen molar-refractivity contribution in [1.29, 1.82) is 0 Å². The van der Waals surface area contributed by atoms with Crippen molar-refractivity contribution in [2.45, 2.75) is 36.8 Å². The second-order valence-corrected chi connectivity index (χ2v) is 4.98. The molecule has 3 unspecified atom stereocenters. The average molecular weight is 290 g/mol. The highest BCUT2D eigenvalue weighted by Gasteiger charge is 2.48. The molecule has 6 atom stereocenters. The maximum Gasteiger partial charge on any atom is 0.472 e. The first-order chi connectivity index (χ1) is 8.17. The summed E-state index contributed by atoms with van der Waals surface area (Å²) in [5.41, 5.74) is 0. The standard InChI is InChI=1S/C7H15O10P/c8-1-2(9)6-4(11)3(10)5(12)7(16-6)17-18(13,14)15/h2-12H,1H2,(H2,13,14,15)/t2-,3?,4?,5-,6+,7?/m1/s1. The minimum atomic E-state index is -5.00. The lowest BCUT2D eigenvalue weighted by Crippen LogP contribution is -2.61. The van der Waals surface area contributed by atoms with Crippen LogP contribution in [0.5, 0.6) is 0 Å². The van der Waals surface area contributed by atoms with Crippen molar-refractivity contribution in [3.05, 3.63) is 0 Å². The number of hydrogen-bond acceptors (Lipinski definition) is 8. The van der Waals surface area contributed by atoms with Crippen molar-refractivity contribution in [1.82, 2.24) is 0 Å². The lowest BCUT2D eigenvalue weighted by molar-refractivity contribution is -0.293. The fourth-order valence-corrected chi connectivity index (χ4v) is 1.96. The summed E-state index contributed by atoms with van der Waals surface area (Å²) in [6, 6.07) is 0. The zero-order chi connectivity index (χ0) is 14.1. The minimum Gasteiger partial charge on any atom is -0.394 e. The fraction of sp³-hybridized carbons (Fsp3) is 1.00. The van der Waals surface area contributed by atoms with E-state index in [2.05, 4.69) is 4.52 Å². The Morgan fingerprint density at radius 3 is 2.17 bits per heavy atom. The number of hydrogen-bond donors (Lipinski definition) is 7. The maximum atomic E-state index is 10.6. The van der Waals surface area contributed by atoms with E-state index in [1.807, 2.05) is 0 Å². The summed E-state index contributed by atoms with van der Waals surface area (Å²) >= 11 is 0. The van der Waals surface area contributed by atoms with Gasteiger partial charge in [0.15, 0.2) is 6.29 Å². The molecule has 0 bridgehead atoms. The van der Waals surface area contributed by atoms with Crippen molar-refractivity contribution in [3.8, 4) is 0 Å². The number of phosphoric acid groups is 1. The lowest BCUT2D eigenvalue weighted by Gasteiger charge is -2.41. The molecule has 1 heterocycles. The zero-order valence-electron chi connectivity index (χ0n) is 8.97. The molecule has 1 aliphatic heterocycles. The second-order valence-electron chi connectivity index (χ2n) is 3.79. The number of ether oxygens (including phenoxy) is 1. The minimum absolute atomic E-state index is 0.826. The first kappa shape index (κ1) is 15.9. The van der Waals surface area contributed by atoms with Gasteiger partial charge >= 0.3 is 7.82 Å². The molecule has 1 fully saturated rings. The molecule has 0 amide bonds. The van der Waals surface area contributed by atoms with Crippen molar-refractivity contribution in [2.75, 3.05) is 6.61 Å². The Morgan fingerprint density at radius 2 is 1.72 bits per heavy atom. The van der Waals surface area contributed by atoms with Gasteiger partial charge in [0.2, 0.25) is 0 Å². The van der Waals surface area contributed by atoms with Crippen molar-refractivity contribution >= 4 is 7.82 Å². The Hall–Kier alpha value is -0.130. The summed E-state index contributed by atoms with van der Waals surface area (Å²) in [4.78, 5) is 17.1. The topological polar surface area (TPSA) is 177 Å². The Bertz CT molecular complexity index is 317. The smallest absolute Gasteiger partial charge is 0.394 e. The molecule has 0 radical (unpaired) electrons. The SMILES string of the molecule is O=P(O)(O)OC1O[C@@H]([C@H](O)CO)C(O)C(O)[C@H]1O. The van der Waals surface area contributed by atoms with Gasteiger partial charge in [0.05, 0.1) is 6.61 Å². The Balaban J connectivity index is 2.84. The normalized spacial score (nSPS) is 39.6. The molecule has 0 aromatic heterocycles. The number of rotatable bonds is 4. The number of aliphatic hydroxyl groups is 5. The Labute approximate surface area is 101 Å². The summed E-state index contributed by atoms with van der Waals surface area (Å²) < 4.78 is 19.4. The molecule has 1 rings (SSSR count). The molecule has 11 heteroatoms. The maximum absolute atomic E-state index is 10.6. The molecule has 1 aliphatic rings. The third kappa shape index (κ3) is 3.68. The van der Waals surface area contributed by atoms with E-state index in [9.17, 15) is 25.0 Å². The van der Waals surface area contributed by atoms with Gasteiger partial charge in [-0.3, -0.25) is 4.52 Å². The van der Waals surface area contributed by atoms with Gasteiger partial charge in [0.25, 0.3) is 0 Å². The Kier molecular flexibility index (Phi) is 5.21. The van der Waals surface area contributed by atoms with Crippen LogP contribution >= 0.6 is 7.82 Å². The summed E-state index contributed by atoms with van der Waals surface area (Å²) in [5, 5.41) is 46.3. The van der Waals surface area contributed by atoms with Crippen molar-refractivity contribution in [2.24, 2.45) is 0 Å². The molecular formula is C7H15O10P. The predicted molar refractivity (Wildman–Crippen MR) is 52.9 cm³/mol. The fourth-order valence-electron chi connectivity index (χ4n) is 1.52. The average Bonchev–Trinajstić information content (AvgIpc) is 2.27.